The molecular weight excluding hydrogens is 350 g/mol. The van der Waals surface area contributed by atoms with Crippen LogP contribution in [-0.2, 0) is 9.59 Å². The molecule has 0 spiro atoms. The second-order valence-electron chi connectivity index (χ2n) is 6.90. The van der Waals surface area contributed by atoms with Crippen molar-refractivity contribution in [3.8, 4) is 0 Å². The van der Waals surface area contributed by atoms with Gasteiger partial charge in [-0.2, -0.15) is 0 Å². The molecule has 1 aromatic rings. The predicted octanol–water partition coefficient (Wildman–Crippen LogP) is 1.58. The molecule has 1 aromatic heterocycles. The number of nitrogens with one attached hydrogen (secondary N) is 1. The number of carboxylic acid groups (broad SMARTS) is 1. The number of rotatable bonds is 5. The highest BCUT2D eigenvalue weighted by Crippen LogP contribution is 2.17. The Kier molecular flexibility index (Phi) is 8.83. The van der Waals surface area contributed by atoms with E-state index >= 15 is 0 Å². The zero-order chi connectivity index (χ0) is 19.5. The molecule has 8 nitrogen and oxygen atoms in total. The Balaban J connectivity index is 0.000000817. The van der Waals surface area contributed by atoms with E-state index in [4.69, 9.17) is 14.3 Å². The van der Waals surface area contributed by atoms with E-state index in [2.05, 4.69) is 10.2 Å². The van der Waals surface area contributed by atoms with Crippen LogP contribution in [0.15, 0.2) is 23.0 Å². The third-order valence-corrected chi connectivity index (χ3v) is 5.02. The summed E-state index contributed by atoms with van der Waals surface area (Å²) in [6, 6.07) is 2.10. The smallest absolute Gasteiger partial charge is 0.290 e. The van der Waals surface area contributed by atoms with Gasteiger partial charge in [0, 0.05) is 38.6 Å². The molecule has 0 radical (unpaired) electrons. The van der Waals surface area contributed by atoms with Crippen molar-refractivity contribution in [2.75, 3.05) is 32.7 Å². The maximum atomic E-state index is 12.4. The third-order valence-electron chi connectivity index (χ3n) is 5.02. The van der Waals surface area contributed by atoms with Crippen LogP contribution in [0.3, 0.4) is 0 Å². The molecule has 0 unspecified atom stereocenters. The molecule has 1 aliphatic heterocycles. The summed E-state index contributed by atoms with van der Waals surface area (Å²) >= 11 is 0. The van der Waals surface area contributed by atoms with Crippen molar-refractivity contribution < 1.29 is 23.9 Å². The van der Waals surface area contributed by atoms with Crippen LogP contribution in [0.2, 0.25) is 0 Å². The van der Waals surface area contributed by atoms with Crippen molar-refractivity contribution in [1.29, 1.82) is 0 Å². The lowest BCUT2D eigenvalue weighted by Crippen LogP contribution is -2.37. The van der Waals surface area contributed by atoms with Crippen LogP contribution in [0.4, 0.5) is 0 Å². The van der Waals surface area contributed by atoms with Crippen LogP contribution in [0.25, 0.3) is 0 Å². The lowest BCUT2D eigenvalue weighted by atomic mass is 10.2. The van der Waals surface area contributed by atoms with Crippen LogP contribution in [-0.4, -0.2) is 72.0 Å². The number of amides is 2. The highest BCUT2D eigenvalue weighted by atomic mass is 16.3. The summed E-state index contributed by atoms with van der Waals surface area (Å²) in [7, 11) is 0. The maximum Gasteiger partial charge on any atom is 0.290 e. The first-order valence-corrected chi connectivity index (χ1v) is 9.55. The molecule has 2 aliphatic rings. The maximum absolute atomic E-state index is 12.4. The van der Waals surface area contributed by atoms with Gasteiger partial charge in [0.25, 0.3) is 12.4 Å². The Morgan fingerprint density at radius 3 is 2.59 bits per heavy atom. The van der Waals surface area contributed by atoms with E-state index in [9.17, 15) is 9.59 Å². The van der Waals surface area contributed by atoms with E-state index in [1.165, 1.54) is 25.4 Å². The number of hydrogen-bond acceptors (Lipinski definition) is 5. The van der Waals surface area contributed by atoms with Gasteiger partial charge >= 0.3 is 0 Å². The van der Waals surface area contributed by atoms with Gasteiger partial charge in [0.05, 0.1) is 11.8 Å². The first-order chi connectivity index (χ1) is 13.1. The standard InChI is InChI=1S/C18H27N3O3.CH2O2/c22-17(19-16-4-1-2-5-16)6-10-20-8-3-9-21(12-11-20)18(23)15-7-13-24-14-15;2-1-3/h7,13-14,16H,1-6,8-12H2,(H,19,22);1H,(H,2,3). The van der Waals surface area contributed by atoms with E-state index in [-0.39, 0.29) is 18.3 Å². The minimum atomic E-state index is -0.250. The summed E-state index contributed by atoms with van der Waals surface area (Å²) in [5.41, 5.74) is 0.611. The SMILES string of the molecule is O=C(CCN1CCCN(C(=O)c2ccoc2)CC1)NC1CCCC1.O=CO. The van der Waals surface area contributed by atoms with Gasteiger partial charge in [-0.3, -0.25) is 14.4 Å². The number of carbonyl (C=O) groups is 3. The summed E-state index contributed by atoms with van der Waals surface area (Å²) in [5, 5.41) is 10.0. The molecule has 150 valence electrons. The minimum Gasteiger partial charge on any atom is -0.483 e. The summed E-state index contributed by atoms with van der Waals surface area (Å²) in [6.45, 7) is 3.74. The van der Waals surface area contributed by atoms with Gasteiger partial charge in [-0.1, -0.05) is 12.8 Å². The average Bonchev–Trinajstić information content (AvgIpc) is 3.31. The van der Waals surface area contributed by atoms with Crippen LogP contribution in [0, 0.1) is 0 Å². The van der Waals surface area contributed by atoms with Crippen LogP contribution in [0.1, 0.15) is 48.9 Å². The van der Waals surface area contributed by atoms with Crippen LogP contribution >= 0.6 is 0 Å². The summed E-state index contributed by atoms with van der Waals surface area (Å²) < 4.78 is 5.00. The van der Waals surface area contributed by atoms with E-state index in [0.29, 0.717) is 24.6 Å². The van der Waals surface area contributed by atoms with Crippen molar-refractivity contribution >= 4 is 18.3 Å². The van der Waals surface area contributed by atoms with Gasteiger partial charge in [0.1, 0.15) is 6.26 Å². The van der Waals surface area contributed by atoms with E-state index in [1.54, 1.807) is 6.07 Å². The van der Waals surface area contributed by atoms with Crippen molar-refractivity contribution in [2.45, 2.75) is 44.6 Å². The highest BCUT2D eigenvalue weighted by Gasteiger charge is 2.22. The molecule has 2 heterocycles. The average molecular weight is 379 g/mol. The fourth-order valence-corrected chi connectivity index (χ4v) is 3.60. The first-order valence-electron chi connectivity index (χ1n) is 9.55. The Morgan fingerprint density at radius 2 is 1.93 bits per heavy atom. The first kappa shape index (κ1) is 21.0. The zero-order valence-corrected chi connectivity index (χ0v) is 15.6. The fraction of sp³-hybridized carbons (Fsp3) is 0.632. The van der Waals surface area contributed by atoms with Gasteiger partial charge in [0.15, 0.2) is 0 Å². The van der Waals surface area contributed by atoms with E-state index < -0.39 is 0 Å². The molecule has 3 rings (SSSR count). The molecule has 1 saturated carbocycles. The summed E-state index contributed by atoms with van der Waals surface area (Å²) in [4.78, 5) is 36.9. The second kappa shape index (κ2) is 11.4. The number of nitrogens with zero attached hydrogens (tertiary/aromatic N) is 2. The molecule has 1 saturated heterocycles. The van der Waals surface area contributed by atoms with E-state index in [1.807, 2.05) is 4.90 Å². The molecule has 8 heteroatoms. The van der Waals surface area contributed by atoms with Crippen molar-refractivity contribution in [3.05, 3.63) is 24.2 Å². The Bertz CT molecular complexity index is 584. The molecule has 2 fully saturated rings. The minimum absolute atomic E-state index is 0.0320. The molecule has 1 aliphatic carbocycles. The van der Waals surface area contributed by atoms with Gasteiger partial charge in [-0.05, 0) is 31.9 Å². The summed E-state index contributed by atoms with van der Waals surface area (Å²) in [6.07, 6.45) is 9.23. The molecule has 2 amide bonds. The van der Waals surface area contributed by atoms with Crippen molar-refractivity contribution in [1.82, 2.24) is 15.1 Å². The van der Waals surface area contributed by atoms with Gasteiger partial charge in [-0.15, -0.1) is 0 Å². The predicted molar refractivity (Wildman–Crippen MR) is 99.4 cm³/mol. The third kappa shape index (κ3) is 7.05. The Hall–Kier alpha value is -2.35. The van der Waals surface area contributed by atoms with Gasteiger partial charge < -0.3 is 24.6 Å². The Morgan fingerprint density at radius 1 is 1.19 bits per heavy atom. The number of carbonyl (C=O) groups excluding carboxylic acids is 2. The zero-order valence-electron chi connectivity index (χ0n) is 15.6. The topological polar surface area (TPSA) is 103 Å². The second-order valence-corrected chi connectivity index (χ2v) is 6.90. The molecular formula is C19H29N3O5. The van der Waals surface area contributed by atoms with Crippen LogP contribution < -0.4 is 5.32 Å². The normalized spacial score (nSPS) is 18.3. The lowest BCUT2D eigenvalue weighted by molar-refractivity contribution is -0.123. The molecule has 27 heavy (non-hydrogen) atoms. The van der Waals surface area contributed by atoms with Gasteiger partial charge in [0.2, 0.25) is 5.91 Å². The quantitative estimate of drug-likeness (QED) is 0.753. The molecule has 2 N–H and O–H groups in total. The lowest BCUT2D eigenvalue weighted by Gasteiger charge is -2.21. The van der Waals surface area contributed by atoms with Crippen LogP contribution in [0.5, 0.6) is 0 Å². The highest BCUT2D eigenvalue weighted by molar-refractivity contribution is 5.93. The summed E-state index contributed by atoms with van der Waals surface area (Å²) in [5.74, 6) is 0.196. The van der Waals surface area contributed by atoms with E-state index in [0.717, 1.165) is 45.4 Å². The molecule has 0 bridgehead atoms. The fourth-order valence-electron chi connectivity index (χ4n) is 3.60. The largest absolute Gasteiger partial charge is 0.483 e. The number of hydrogen-bond donors (Lipinski definition) is 2. The monoisotopic (exact) mass is 379 g/mol. The van der Waals surface area contributed by atoms with Crippen molar-refractivity contribution in [3.63, 3.8) is 0 Å². The molecule has 0 aromatic carbocycles. The van der Waals surface area contributed by atoms with Crippen molar-refractivity contribution in [2.24, 2.45) is 0 Å². The van der Waals surface area contributed by atoms with Gasteiger partial charge in [-0.25, -0.2) is 0 Å². The molecule has 0 atom stereocenters. The Labute approximate surface area is 159 Å². The number of furan rings is 1.